The number of hydrogen-bond acceptors (Lipinski definition) is 5. The Morgan fingerprint density at radius 2 is 1.93 bits per heavy atom. The van der Waals surface area contributed by atoms with Gasteiger partial charge in [-0.15, -0.1) is 4.52 Å². The number of rotatable bonds is 9. The van der Waals surface area contributed by atoms with E-state index in [4.69, 9.17) is 14.4 Å². The molecule has 2 rings (SSSR count). The van der Waals surface area contributed by atoms with Crippen molar-refractivity contribution in [1.82, 2.24) is 0 Å². The van der Waals surface area contributed by atoms with Gasteiger partial charge in [-0.1, -0.05) is 30.0 Å². The molecule has 0 aliphatic carbocycles. The average molecular weight is 433 g/mol. The predicted octanol–water partition coefficient (Wildman–Crippen LogP) is 3.97. The molecule has 158 valence electrons. The first kappa shape index (κ1) is 23.5. The highest BCUT2D eigenvalue weighted by Gasteiger charge is 2.24. The Balaban J connectivity index is 2.00. The van der Waals surface area contributed by atoms with E-state index >= 15 is 0 Å². The number of carboxylic acid groups (broad SMARTS) is 1. The van der Waals surface area contributed by atoms with Crippen molar-refractivity contribution in [2.45, 2.75) is 33.0 Å². The molecule has 2 aromatic carbocycles. The number of aryl methyl sites for hydroxylation is 2. The normalized spacial score (nSPS) is 11.9. The van der Waals surface area contributed by atoms with E-state index in [0.29, 0.717) is 11.3 Å². The Bertz CT molecular complexity index is 962. The quantitative estimate of drug-likeness (QED) is 0.459. The molecule has 0 spiro atoms. The largest absolute Gasteiger partial charge is 0.511 e. The van der Waals surface area contributed by atoms with Crippen LogP contribution in [0.3, 0.4) is 0 Å². The van der Waals surface area contributed by atoms with Crippen LogP contribution < -0.4 is 4.74 Å². The zero-order valence-corrected chi connectivity index (χ0v) is 17.6. The van der Waals surface area contributed by atoms with E-state index in [1.54, 1.807) is 12.1 Å². The number of aliphatic hydroxyl groups is 1. The summed E-state index contributed by atoms with van der Waals surface area (Å²) in [6, 6.07) is 9.83. The maximum atomic E-state index is 13.0. The fourth-order valence-electron chi connectivity index (χ4n) is 2.66. The number of aliphatic carboxylic acids is 1. The van der Waals surface area contributed by atoms with Crippen LogP contribution in [0.15, 0.2) is 36.4 Å². The van der Waals surface area contributed by atoms with E-state index in [0.717, 1.165) is 16.7 Å². The van der Waals surface area contributed by atoms with Gasteiger partial charge in [0.15, 0.2) is 6.61 Å². The second-order valence-electron chi connectivity index (χ2n) is 6.71. The monoisotopic (exact) mass is 433 g/mol. The fraction of sp³-hybridized carbons (Fsp3) is 0.318. The van der Waals surface area contributed by atoms with Gasteiger partial charge in [0.2, 0.25) is 6.16 Å². The zero-order chi connectivity index (χ0) is 22.1. The maximum Gasteiger partial charge on any atom is 0.511 e. The van der Waals surface area contributed by atoms with Crippen LogP contribution in [-0.2, 0) is 20.5 Å². The molecule has 0 heterocycles. The predicted molar refractivity (Wildman–Crippen MR) is 110 cm³/mol. The Morgan fingerprint density at radius 1 is 1.23 bits per heavy atom. The van der Waals surface area contributed by atoms with E-state index in [-0.39, 0.29) is 25.2 Å². The summed E-state index contributed by atoms with van der Waals surface area (Å²) in [7, 11) is -2.22. The summed E-state index contributed by atoms with van der Waals surface area (Å²) < 4.78 is 35.8. The molecular formula is C22H23FO6P+. The third kappa shape index (κ3) is 7.92. The van der Waals surface area contributed by atoms with Gasteiger partial charge in [-0.3, -0.25) is 4.79 Å². The second-order valence-corrected chi connectivity index (χ2v) is 8.00. The van der Waals surface area contributed by atoms with Gasteiger partial charge in [-0.05, 0) is 53.3 Å². The third-order valence-corrected chi connectivity index (χ3v) is 5.15. The molecule has 0 amide bonds. The molecule has 0 aliphatic rings. The number of benzene rings is 2. The number of aliphatic hydroxyl groups excluding tert-OH is 1. The van der Waals surface area contributed by atoms with Crippen LogP contribution in [0.5, 0.6) is 5.75 Å². The summed E-state index contributed by atoms with van der Waals surface area (Å²) in [5.74, 6) is 4.81. The van der Waals surface area contributed by atoms with Gasteiger partial charge >= 0.3 is 14.0 Å². The smallest absolute Gasteiger partial charge is 0.488 e. The first-order valence-corrected chi connectivity index (χ1v) is 10.6. The van der Waals surface area contributed by atoms with Gasteiger partial charge in [0, 0.05) is 0 Å². The molecule has 0 bridgehead atoms. The van der Waals surface area contributed by atoms with Crippen molar-refractivity contribution in [2.75, 3.05) is 12.8 Å². The van der Waals surface area contributed by atoms with Gasteiger partial charge < -0.3 is 14.9 Å². The minimum absolute atomic E-state index is 0.139. The Morgan fingerprint density at radius 3 is 2.60 bits per heavy atom. The van der Waals surface area contributed by atoms with Crippen LogP contribution >= 0.6 is 8.03 Å². The molecule has 2 atom stereocenters. The lowest BCUT2D eigenvalue weighted by Gasteiger charge is -2.12. The molecule has 1 unspecified atom stereocenters. The van der Waals surface area contributed by atoms with Crippen LogP contribution in [0.25, 0.3) is 0 Å². The third-order valence-electron chi connectivity index (χ3n) is 4.02. The lowest BCUT2D eigenvalue weighted by atomic mass is 10.0. The molecule has 0 saturated carbocycles. The molecule has 8 heteroatoms. The number of halogens is 1. The standard InChI is InChI=1S/C22H22FO6P/c1-15-10-16(2)20(4-3-9-29-30(27)14-19(24)12-22(25)26)21(11-15)28-13-17-5-7-18(23)8-6-17/h5-8,10-11,19,24H,9,12-14H2,1-2H3/p+1/t19-/m0/s1. The van der Waals surface area contributed by atoms with Crippen LogP contribution in [0, 0.1) is 31.5 Å². The van der Waals surface area contributed by atoms with Crippen LogP contribution in [0.4, 0.5) is 4.39 Å². The fourth-order valence-corrected chi connectivity index (χ4v) is 3.45. The minimum atomic E-state index is -2.22. The van der Waals surface area contributed by atoms with Crippen molar-refractivity contribution in [2.24, 2.45) is 0 Å². The molecule has 2 N–H and O–H groups in total. The number of carbonyl (C=O) groups is 1. The van der Waals surface area contributed by atoms with Crippen molar-refractivity contribution in [3.63, 3.8) is 0 Å². The molecule has 0 aliphatic heterocycles. The van der Waals surface area contributed by atoms with Crippen LogP contribution in [-0.4, -0.2) is 35.1 Å². The molecule has 0 fully saturated rings. The van der Waals surface area contributed by atoms with Crippen molar-refractivity contribution in [3.8, 4) is 17.6 Å². The Labute approximate surface area is 175 Å². The summed E-state index contributed by atoms with van der Waals surface area (Å²) >= 11 is 0. The van der Waals surface area contributed by atoms with E-state index < -0.39 is 26.5 Å². The summed E-state index contributed by atoms with van der Waals surface area (Å²) in [5.41, 5.74) is 3.37. The average Bonchev–Trinajstić information content (AvgIpc) is 2.65. The van der Waals surface area contributed by atoms with Crippen molar-refractivity contribution in [3.05, 3.63) is 64.5 Å². The van der Waals surface area contributed by atoms with Crippen LogP contribution in [0.1, 0.15) is 28.7 Å². The zero-order valence-electron chi connectivity index (χ0n) is 16.7. The lowest BCUT2D eigenvalue weighted by molar-refractivity contribution is -0.138. The van der Waals surface area contributed by atoms with E-state index in [9.17, 15) is 18.9 Å². The highest BCUT2D eigenvalue weighted by atomic mass is 31.1. The first-order chi connectivity index (χ1) is 14.2. The summed E-state index contributed by atoms with van der Waals surface area (Å²) in [6.07, 6.45) is -1.99. The van der Waals surface area contributed by atoms with E-state index in [1.807, 2.05) is 26.0 Å². The van der Waals surface area contributed by atoms with Gasteiger partial charge in [-0.25, -0.2) is 4.39 Å². The number of ether oxygens (including phenoxy) is 1. The molecule has 2 aromatic rings. The van der Waals surface area contributed by atoms with Crippen LogP contribution in [0.2, 0.25) is 0 Å². The second kappa shape index (κ2) is 11.4. The highest BCUT2D eigenvalue weighted by molar-refractivity contribution is 7.39. The van der Waals surface area contributed by atoms with Gasteiger partial charge in [-0.2, -0.15) is 0 Å². The SMILES string of the molecule is Cc1cc(C)c(C#CCO[P+](=O)C[C@@H](O)CC(=O)O)c(OCc2ccc(F)cc2)c1. The summed E-state index contributed by atoms with van der Waals surface area (Å²) in [4.78, 5) is 10.5. The maximum absolute atomic E-state index is 13.0. The lowest BCUT2D eigenvalue weighted by Crippen LogP contribution is -2.15. The minimum Gasteiger partial charge on any atom is -0.488 e. The van der Waals surface area contributed by atoms with Gasteiger partial charge in [0.1, 0.15) is 24.3 Å². The summed E-state index contributed by atoms with van der Waals surface area (Å²) in [5, 5.41) is 18.1. The molecular weight excluding hydrogens is 410 g/mol. The van der Waals surface area contributed by atoms with Crippen molar-refractivity contribution >= 4 is 14.0 Å². The van der Waals surface area contributed by atoms with Crippen molar-refractivity contribution in [1.29, 1.82) is 0 Å². The molecule has 30 heavy (non-hydrogen) atoms. The molecule has 0 aromatic heterocycles. The molecule has 0 saturated heterocycles. The first-order valence-electron chi connectivity index (χ1n) is 9.19. The molecule has 6 nitrogen and oxygen atoms in total. The van der Waals surface area contributed by atoms with Crippen molar-refractivity contribution < 1.29 is 33.2 Å². The highest BCUT2D eigenvalue weighted by Crippen LogP contribution is 2.26. The summed E-state index contributed by atoms with van der Waals surface area (Å²) in [6.45, 7) is 3.94. The number of carboxylic acids is 1. The van der Waals surface area contributed by atoms with Gasteiger partial charge in [0.05, 0.1) is 12.0 Å². The Hall–Kier alpha value is -2.78. The van der Waals surface area contributed by atoms with E-state index in [2.05, 4.69) is 11.8 Å². The number of hydrogen-bond donors (Lipinski definition) is 2. The van der Waals surface area contributed by atoms with E-state index in [1.165, 1.54) is 12.1 Å². The Kier molecular flexibility index (Phi) is 8.94. The topological polar surface area (TPSA) is 93.1 Å². The van der Waals surface area contributed by atoms with Gasteiger partial charge in [0.25, 0.3) is 0 Å². The molecule has 0 radical (unpaired) electrons.